The van der Waals surface area contributed by atoms with Crippen LogP contribution in [0.25, 0.3) is 0 Å². The molecule has 0 amide bonds. The first-order chi connectivity index (χ1) is 17.0. The van der Waals surface area contributed by atoms with Crippen molar-refractivity contribution in [3.05, 3.63) is 103 Å². The fourth-order valence-corrected chi connectivity index (χ4v) is 5.96. The van der Waals surface area contributed by atoms with Gasteiger partial charge in [-0.05, 0) is 114 Å². The van der Waals surface area contributed by atoms with Crippen molar-refractivity contribution >= 4 is 73.7 Å². The molecule has 2 N–H and O–H groups in total. The van der Waals surface area contributed by atoms with E-state index in [1.807, 2.05) is 67.8 Å². The number of phenols is 1. The summed E-state index contributed by atoms with van der Waals surface area (Å²) in [6, 6.07) is 15.6. The number of carboxylic acid groups (broad SMARTS) is 1. The molecule has 0 aliphatic carbocycles. The first kappa shape index (κ1) is 28.1. The van der Waals surface area contributed by atoms with Crippen molar-refractivity contribution in [2.75, 3.05) is 0 Å². The minimum atomic E-state index is -3.07. The van der Waals surface area contributed by atoms with Gasteiger partial charge >= 0.3 is 11.6 Å². The third-order valence-electron chi connectivity index (χ3n) is 5.09. The molecule has 14 heteroatoms. The van der Waals surface area contributed by atoms with Gasteiger partial charge in [0.1, 0.15) is 18.0 Å². The summed E-state index contributed by atoms with van der Waals surface area (Å²) >= 11 is 5.84. The van der Waals surface area contributed by atoms with E-state index in [2.05, 4.69) is 0 Å². The molecule has 1 atom stereocenters. The van der Waals surface area contributed by atoms with Crippen LogP contribution < -0.4 is 4.74 Å². The quantitative estimate of drug-likeness (QED) is 0.120. The van der Waals surface area contributed by atoms with E-state index in [0.717, 1.165) is 0 Å². The number of phenolic OH excluding ortho intramolecular Hbond substituents is 1. The topological polar surface area (TPSA) is 156 Å². The summed E-state index contributed by atoms with van der Waals surface area (Å²) in [4.78, 5) is 35.3. The Morgan fingerprint density at radius 1 is 0.944 bits per heavy atom. The highest BCUT2D eigenvalue weighted by Crippen LogP contribution is 2.36. The zero-order chi connectivity index (χ0) is 26.6. The molecular formula is C22H16I3N3O8. The van der Waals surface area contributed by atoms with Gasteiger partial charge in [-0.3, -0.25) is 10.1 Å². The summed E-state index contributed by atoms with van der Waals surface area (Å²) in [5.41, 5.74) is -2.52. The van der Waals surface area contributed by atoms with Gasteiger partial charge in [0.25, 0.3) is 0 Å². The summed E-state index contributed by atoms with van der Waals surface area (Å²) in [5.74, 6) is -1.00. The number of aromatic hydroxyl groups is 1. The smallest absolute Gasteiger partial charge is 0.443 e. The molecule has 3 rings (SSSR count). The van der Waals surface area contributed by atoms with E-state index in [-0.39, 0.29) is 16.3 Å². The first-order valence-corrected chi connectivity index (χ1v) is 13.2. The Kier molecular flexibility index (Phi) is 9.14. The molecule has 0 radical (unpaired) electrons. The van der Waals surface area contributed by atoms with Crippen LogP contribution in [0.2, 0.25) is 0 Å². The monoisotopic (exact) mass is 831 g/mol. The lowest BCUT2D eigenvalue weighted by atomic mass is 9.98. The van der Waals surface area contributed by atoms with Gasteiger partial charge in [-0.2, -0.15) is 0 Å². The predicted molar refractivity (Wildman–Crippen MR) is 153 cm³/mol. The molecule has 0 fully saturated rings. The zero-order valence-corrected chi connectivity index (χ0v) is 24.5. The molecule has 188 valence electrons. The highest BCUT2D eigenvalue weighted by atomic mass is 127. The van der Waals surface area contributed by atoms with E-state index in [9.17, 15) is 35.2 Å². The van der Waals surface area contributed by atoms with Gasteiger partial charge in [0.15, 0.2) is 10.8 Å². The van der Waals surface area contributed by atoms with Gasteiger partial charge in [-0.25, -0.2) is 14.9 Å². The van der Waals surface area contributed by atoms with Crippen molar-refractivity contribution in [2.24, 2.45) is 0 Å². The van der Waals surface area contributed by atoms with Crippen LogP contribution in [-0.4, -0.2) is 36.8 Å². The molecular weight excluding hydrogens is 815 g/mol. The normalized spacial score (nSPS) is 12.4. The van der Waals surface area contributed by atoms with Gasteiger partial charge in [-0.1, -0.05) is 30.3 Å². The standard InChI is InChI=1S/C22H16I3N3O8/c23-16-10-15(6-7-19(16)29)36-20-17(24)8-14(9-18(20)25)11-22(21(30)31,27(32)33)26(28(34)35)12-13-4-2-1-3-5-13/h1-10,29H,11-12H2,(H,30,31)/t22-/m1/s1. The molecule has 0 saturated heterocycles. The minimum Gasteiger partial charge on any atom is -0.507 e. The number of carbonyl (C=O) groups is 1. The number of benzene rings is 3. The lowest BCUT2D eigenvalue weighted by Crippen LogP contribution is -2.63. The molecule has 0 aliphatic rings. The van der Waals surface area contributed by atoms with E-state index >= 15 is 0 Å². The highest BCUT2D eigenvalue weighted by Gasteiger charge is 2.63. The second-order valence-corrected chi connectivity index (χ2v) is 10.9. The number of nitrogens with zero attached hydrogens (tertiary/aromatic N) is 3. The SMILES string of the molecule is O=C(O)[C@](Cc1cc(I)c(Oc2ccc(O)c(I)c2)c(I)c1)(N(Cc1ccccc1)[N+](=O)[O-])[N+](=O)[O-]. The van der Waals surface area contributed by atoms with Crippen molar-refractivity contribution in [3.8, 4) is 17.2 Å². The summed E-state index contributed by atoms with van der Waals surface area (Å²) in [5, 5.41) is 42.8. The number of ether oxygens (including phenoxy) is 1. The number of aliphatic carboxylic acids is 1. The Balaban J connectivity index is 2.02. The van der Waals surface area contributed by atoms with Gasteiger partial charge in [0.2, 0.25) is 0 Å². The largest absolute Gasteiger partial charge is 0.507 e. The van der Waals surface area contributed by atoms with Gasteiger partial charge in [0.05, 0.1) is 22.1 Å². The Morgan fingerprint density at radius 2 is 1.56 bits per heavy atom. The molecule has 0 bridgehead atoms. The number of halogens is 3. The number of nitro groups is 2. The Labute approximate surface area is 245 Å². The highest BCUT2D eigenvalue weighted by molar-refractivity contribution is 14.1. The second-order valence-electron chi connectivity index (χ2n) is 7.44. The second kappa shape index (κ2) is 11.7. The lowest BCUT2D eigenvalue weighted by Gasteiger charge is -2.27. The first-order valence-electron chi connectivity index (χ1n) is 9.93. The molecule has 11 nitrogen and oxygen atoms in total. The van der Waals surface area contributed by atoms with Crippen molar-refractivity contribution in [2.45, 2.75) is 18.6 Å². The van der Waals surface area contributed by atoms with Gasteiger partial charge in [0, 0.05) is 0 Å². The van der Waals surface area contributed by atoms with Crippen LogP contribution in [0.3, 0.4) is 0 Å². The summed E-state index contributed by atoms with van der Waals surface area (Å²) in [7, 11) is 0. The van der Waals surface area contributed by atoms with Crippen LogP contribution in [0.4, 0.5) is 0 Å². The number of hydrogen-bond acceptors (Lipinski definition) is 7. The molecule has 0 unspecified atom stereocenters. The Bertz CT molecular complexity index is 1290. The number of rotatable bonds is 10. The van der Waals surface area contributed by atoms with Crippen molar-refractivity contribution in [3.63, 3.8) is 0 Å². The molecule has 0 spiro atoms. The van der Waals surface area contributed by atoms with Crippen molar-refractivity contribution in [1.82, 2.24) is 5.01 Å². The minimum absolute atomic E-state index is 0.0957. The van der Waals surface area contributed by atoms with E-state index in [4.69, 9.17) is 4.74 Å². The summed E-state index contributed by atoms with van der Waals surface area (Å²) < 4.78 is 7.51. The van der Waals surface area contributed by atoms with E-state index in [1.54, 1.807) is 30.3 Å². The summed E-state index contributed by atoms with van der Waals surface area (Å²) in [6.45, 7) is -0.587. The lowest BCUT2D eigenvalue weighted by molar-refractivity contribution is -0.753. The average molecular weight is 831 g/mol. The van der Waals surface area contributed by atoms with Crippen LogP contribution in [0, 0.1) is 30.9 Å². The Morgan fingerprint density at radius 3 is 2.06 bits per heavy atom. The molecule has 3 aromatic carbocycles. The fraction of sp³-hybridized carbons (Fsp3) is 0.136. The third-order valence-corrected chi connectivity index (χ3v) is 7.56. The predicted octanol–water partition coefficient (Wildman–Crippen LogP) is 5.29. The average Bonchev–Trinajstić information content (AvgIpc) is 2.81. The van der Waals surface area contributed by atoms with Crippen molar-refractivity contribution < 1.29 is 29.7 Å². The molecule has 36 heavy (non-hydrogen) atoms. The number of carboxylic acids is 1. The fourth-order valence-electron chi connectivity index (χ4n) is 3.36. The van der Waals surface area contributed by atoms with Crippen LogP contribution in [-0.2, 0) is 17.8 Å². The maximum atomic E-state index is 12.3. The van der Waals surface area contributed by atoms with Crippen LogP contribution in [0.5, 0.6) is 17.2 Å². The molecule has 0 aliphatic heterocycles. The maximum Gasteiger partial charge on any atom is 0.443 e. The molecule has 0 saturated carbocycles. The van der Waals surface area contributed by atoms with Gasteiger partial charge in [-0.15, -0.1) is 0 Å². The van der Waals surface area contributed by atoms with Gasteiger partial charge < -0.3 is 14.9 Å². The van der Waals surface area contributed by atoms with E-state index < -0.39 is 34.6 Å². The molecule has 0 aromatic heterocycles. The maximum absolute atomic E-state index is 12.3. The molecule has 3 aromatic rings. The third kappa shape index (κ3) is 6.07. The number of hydrogen-bond donors (Lipinski definition) is 2. The van der Waals surface area contributed by atoms with Crippen LogP contribution >= 0.6 is 67.8 Å². The summed E-state index contributed by atoms with van der Waals surface area (Å²) in [6.07, 6.45) is -0.771. The van der Waals surface area contributed by atoms with Crippen LogP contribution in [0.15, 0.2) is 60.7 Å². The zero-order valence-electron chi connectivity index (χ0n) is 18.0. The van der Waals surface area contributed by atoms with Crippen LogP contribution in [0.1, 0.15) is 11.1 Å². The Hall–Kier alpha value is -2.48. The van der Waals surface area contributed by atoms with E-state index in [1.165, 1.54) is 30.3 Å². The van der Waals surface area contributed by atoms with E-state index in [0.29, 0.717) is 27.8 Å². The van der Waals surface area contributed by atoms with Crippen molar-refractivity contribution in [1.29, 1.82) is 0 Å². The number of hydrazine groups is 1. The molecule has 0 heterocycles.